The van der Waals surface area contributed by atoms with Gasteiger partial charge in [-0.1, -0.05) is 42.5 Å². The number of carboxylic acids is 1. The quantitative estimate of drug-likeness (QED) is 0.188. The number of carbonyl (C=O) groups is 2. The number of Topliss-reactive ketones (excluding diaryl/α,β-unsaturated/α-hetero) is 1. The number of piperidine rings is 1. The van der Waals surface area contributed by atoms with Gasteiger partial charge in [0, 0.05) is 36.4 Å². The van der Waals surface area contributed by atoms with Crippen molar-refractivity contribution in [3.63, 3.8) is 0 Å². The third kappa shape index (κ3) is 4.98. The molecule has 2 aliphatic rings. The number of hydrogen-bond acceptors (Lipinski definition) is 9. The normalized spacial score (nSPS) is 29.7. The first-order chi connectivity index (χ1) is 19.1. The van der Waals surface area contributed by atoms with Crippen LogP contribution in [-0.2, 0) is 9.53 Å². The summed E-state index contributed by atoms with van der Waals surface area (Å²) >= 11 is 0. The summed E-state index contributed by atoms with van der Waals surface area (Å²) in [6, 6.07) is 21.2. The topological polar surface area (TPSA) is 160 Å². The van der Waals surface area contributed by atoms with E-state index in [1.54, 1.807) is 12.1 Å². The minimum absolute atomic E-state index is 0.0859. The SMILES string of the molecule is C[C@@H](N[C@H]1CCCN(c2ccc(C(=O)[C@]3(C(=O)O)O[C@@H](O)[C@H](O)[C@@H](O)[C@@H]3O)cc2)C1)c1cccc2ccccc12. The molecule has 2 aliphatic heterocycles. The fourth-order valence-corrected chi connectivity index (χ4v) is 5.84. The van der Waals surface area contributed by atoms with Crippen LogP contribution >= 0.6 is 0 Å². The summed E-state index contributed by atoms with van der Waals surface area (Å²) in [6.07, 6.45) is -6.57. The molecule has 10 heteroatoms. The average Bonchev–Trinajstić information content (AvgIpc) is 2.97. The van der Waals surface area contributed by atoms with Crippen LogP contribution in [0, 0.1) is 0 Å². The highest BCUT2D eigenvalue weighted by atomic mass is 16.7. The van der Waals surface area contributed by atoms with Crippen LogP contribution in [0.25, 0.3) is 10.8 Å². The summed E-state index contributed by atoms with van der Waals surface area (Å²) in [4.78, 5) is 27.5. The second-order valence-electron chi connectivity index (χ2n) is 10.6. The van der Waals surface area contributed by atoms with Crippen LogP contribution in [0.2, 0.25) is 0 Å². The van der Waals surface area contributed by atoms with Gasteiger partial charge in [0.05, 0.1) is 0 Å². The zero-order valence-corrected chi connectivity index (χ0v) is 22.1. The molecule has 2 saturated heterocycles. The van der Waals surface area contributed by atoms with Crippen molar-refractivity contribution in [1.82, 2.24) is 5.32 Å². The highest BCUT2D eigenvalue weighted by Crippen LogP contribution is 2.34. The van der Waals surface area contributed by atoms with Gasteiger partial charge in [-0.15, -0.1) is 0 Å². The molecule has 0 aromatic heterocycles. The molecule has 3 aromatic rings. The number of fused-ring (bicyclic) bond motifs is 1. The first-order valence-corrected chi connectivity index (χ1v) is 13.4. The van der Waals surface area contributed by atoms with Crippen molar-refractivity contribution in [3.8, 4) is 0 Å². The monoisotopic (exact) mass is 550 g/mol. The standard InChI is InChI=1S/C30H34N2O8/c1-17(22-10-4-7-18-6-2-3-9-23(18)22)31-20-8-5-15-32(16-20)21-13-11-19(12-14-21)26(35)30(29(38)39)27(36)24(33)25(34)28(37)40-30/h2-4,6-7,9-14,17,20,24-25,27-28,31,33-34,36-37H,5,8,15-16H2,1H3,(H,38,39)/t17-,20+,24-,25-,27+,28-,30+/m1/s1. The number of aliphatic hydroxyl groups excluding tert-OH is 4. The number of rotatable bonds is 7. The molecular formula is C30H34N2O8. The van der Waals surface area contributed by atoms with Crippen LogP contribution in [0.4, 0.5) is 5.69 Å². The molecule has 0 bridgehead atoms. The third-order valence-electron chi connectivity index (χ3n) is 8.04. The largest absolute Gasteiger partial charge is 0.479 e. The van der Waals surface area contributed by atoms with E-state index in [9.17, 15) is 35.1 Å². The van der Waals surface area contributed by atoms with Gasteiger partial charge >= 0.3 is 5.97 Å². The van der Waals surface area contributed by atoms with Crippen molar-refractivity contribution in [2.75, 3.05) is 18.0 Å². The lowest BCUT2D eigenvalue weighted by atomic mass is 9.81. The third-order valence-corrected chi connectivity index (χ3v) is 8.04. The highest BCUT2D eigenvalue weighted by Gasteiger charge is 2.63. The minimum Gasteiger partial charge on any atom is -0.479 e. The highest BCUT2D eigenvalue weighted by molar-refractivity contribution is 6.16. The maximum atomic E-state index is 13.3. The second-order valence-corrected chi connectivity index (χ2v) is 10.6. The van der Waals surface area contributed by atoms with E-state index in [1.165, 1.54) is 28.5 Å². The molecule has 10 nitrogen and oxygen atoms in total. The molecule has 40 heavy (non-hydrogen) atoms. The number of benzene rings is 3. The first-order valence-electron chi connectivity index (χ1n) is 13.4. The van der Waals surface area contributed by atoms with Crippen molar-refractivity contribution in [2.45, 2.75) is 62.1 Å². The summed E-state index contributed by atoms with van der Waals surface area (Å²) < 4.78 is 4.94. The van der Waals surface area contributed by atoms with Gasteiger partial charge in [-0.2, -0.15) is 0 Å². The number of aliphatic carboxylic acids is 1. The van der Waals surface area contributed by atoms with Gasteiger partial charge in [0.2, 0.25) is 5.78 Å². The maximum absolute atomic E-state index is 13.3. The van der Waals surface area contributed by atoms with Gasteiger partial charge in [0.15, 0.2) is 6.29 Å². The Morgan fingerprint density at radius 1 is 0.975 bits per heavy atom. The lowest BCUT2D eigenvalue weighted by Gasteiger charge is -2.43. The van der Waals surface area contributed by atoms with E-state index < -0.39 is 42.0 Å². The Bertz CT molecular complexity index is 1380. The summed E-state index contributed by atoms with van der Waals surface area (Å²) in [7, 11) is 0. The smallest absolute Gasteiger partial charge is 0.347 e. The number of carbonyl (C=O) groups excluding carboxylic acids is 1. The molecule has 7 atom stereocenters. The van der Waals surface area contributed by atoms with Gasteiger partial charge in [-0.3, -0.25) is 4.79 Å². The number of aliphatic hydroxyl groups is 4. The Kier molecular flexibility index (Phi) is 7.92. The number of ketones is 1. The van der Waals surface area contributed by atoms with Crippen molar-refractivity contribution < 1.29 is 39.9 Å². The van der Waals surface area contributed by atoms with E-state index in [4.69, 9.17) is 4.74 Å². The van der Waals surface area contributed by atoms with Gasteiger partial charge in [0.1, 0.15) is 18.3 Å². The maximum Gasteiger partial charge on any atom is 0.347 e. The van der Waals surface area contributed by atoms with Crippen LogP contribution in [0.1, 0.15) is 41.7 Å². The van der Waals surface area contributed by atoms with E-state index in [-0.39, 0.29) is 17.6 Å². The molecule has 0 amide bonds. The van der Waals surface area contributed by atoms with Crippen LogP contribution in [0.5, 0.6) is 0 Å². The predicted octanol–water partition coefficient (Wildman–Crippen LogP) is 1.60. The summed E-state index contributed by atoms with van der Waals surface area (Å²) in [6.45, 7) is 3.71. The van der Waals surface area contributed by atoms with E-state index in [0.717, 1.165) is 31.6 Å². The summed E-state index contributed by atoms with van der Waals surface area (Å²) in [5, 5.41) is 56.1. The minimum atomic E-state index is -2.97. The molecule has 0 unspecified atom stereocenters. The lowest BCUT2D eigenvalue weighted by Crippen LogP contribution is -2.70. The molecule has 0 spiro atoms. The molecular weight excluding hydrogens is 516 g/mol. The number of anilines is 1. The molecule has 2 fully saturated rings. The molecule has 6 N–H and O–H groups in total. The van der Waals surface area contributed by atoms with Gasteiger partial charge in [-0.05, 0) is 60.4 Å². The summed E-state index contributed by atoms with van der Waals surface area (Å²) in [5.74, 6) is -3.03. The number of nitrogens with one attached hydrogen (secondary N) is 1. The van der Waals surface area contributed by atoms with E-state index in [0.29, 0.717) is 0 Å². The Morgan fingerprint density at radius 2 is 1.68 bits per heavy atom. The van der Waals surface area contributed by atoms with Gasteiger partial charge < -0.3 is 40.5 Å². The van der Waals surface area contributed by atoms with Crippen LogP contribution in [0.15, 0.2) is 66.7 Å². The Balaban J connectivity index is 1.30. The number of nitrogens with zero attached hydrogens (tertiary/aromatic N) is 1. The molecule has 0 saturated carbocycles. The van der Waals surface area contributed by atoms with Crippen molar-refractivity contribution >= 4 is 28.2 Å². The molecule has 0 aliphatic carbocycles. The first kappa shape index (κ1) is 28.2. The van der Waals surface area contributed by atoms with Crippen LogP contribution in [0.3, 0.4) is 0 Å². The molecule has 5 rings (SSSR count). The van der Waals surface area contributed by atoms with E-state index >= 15 is 0 Å². The van der Waals surface area contributed by atoms with Gasteiger partial charge in [0.25, 0.3) is 5.60 Å². The Labute approximate surface area is 231 Å². The summed E-state index contributed by atoms with van der Waals surface area (Å²) in [5.41, 5.74) is -0.985. The van der Waals surface area contributed by atoms with Crippen LogP contribution < -0.4 is 10.2 Å². The molecule has 2 heterocycles. The second kappa shape index (κ2) is 11.2. The fraction of sp³-hybridized carbons (Fsp3) is 0.400. The van der Waals surface area contributed by atoms with Gasteiger partial charge in [-0.25, -0.2) is 4.79 Å². The van der Waals surface area contributed by atoms with E-state index in [1.807, 2.05) is 12.1 Å². The Morgan fingerprint density at radius 3 is 2.40 bits per heavy atom. The Hall–Kier alpha value is -3.38. The molecule has 0 radical (unpaired) electrons. The molecule has 3 aromatic carbocycles. The van der Waals surface area contributed by atoms with Crippen molar-refractivity contribution in [1.29, 1.82) is 0 Å². The molecule has 212 valence electrons. The van der Waals surface area contributed by atoms with E-state index in [2.05, 4.69) is 47.5 Å². The van der Waals surface area contributed by atoms with Crippen LogP contribution in [-0.4, -0.2) is 86.6 Å². The number of carboxylic acid groups (broad SMARTS) is 1. The van der Waals surface area contributed by atoms with Crippen molar-refractivity contribution in [2.24, 2.45) is 0 Å². The zero-order valence-electron chi connectivity index (χ0n) is 22.1. The number of hydrogen-bond donors (Lipinski definition) is 6. The average molecular weight is 551 g/mol. The lowest BCUT2D eigenvalue weighted by molar-refractivity contribution is -0.299. The fourth-order valence-electron chi connectivity index (χ4n) is 5.84. The zero-order chi connectivity index (χ0) is 28.6. The predicted molar refractivity (Wildman–Crippen MR) is 147 cm³/mol. The van der Waals surface area contributed by atoms with Crippen molar-refractivity contribution in [3.05, 3.63) is 77.9 Å². The number of ether oxygens (including phenoxy) is 1.